The molecule has 24 N–H and O–H groups in total. The summed E-state index contributed by atoms with van der Waals surface area (Å²) in [6, 6.07) is -6.13. The lowest BCUT2D eigenvalue weighted by Crippen LogP contribution is -2.63. The van der Waals surface area contributed by atoms with Crippen molar-refractivity contribution in [2.75, 3.05) is 32.7 Å². The van der Waals surface area contributed by atoms with Gasteiger partial charge in [-0.3, -0.25) is 48.1 Å². The van der Waals surface area contributed by atoms with Crippen molar-refractivity contribution in [2.24, 2.45) is 51.2 Å². The Morgan fingerprint density at radius 3 is 1.50 bits per heavy atom. The number of benzene rings is 1. The van der Waals surface area contributed by atoms with E-state index in [9.17, 15) is 63.3 Å². The van der Waals surface area contributed by atoms with Crippen LogP contribution in [-0.4, -0.2) is 196 Å². The predicted octanol–water partition coefficient (Wildman–Crippen LogP) is -2.71. The standard InChI is InChI=1S/C60H103N17O13/c1-7-34(4)47(59(89)90)74-56(86)49(36(6)79)76-57(87)48(35(5)78)75-53(83)43(22-12-15-27-63)70-50(80)41(20-10-13-25-61)69-52(82)44(23-16-28-67-60(65)66)71-51(81)42(21-11-14-26-62)72-54(84)45(31-37-32-68-40-19-9-8-18-38(37)40)73-55(85)46-24-17-29-77(46)58(88)39(64)30-33(2)3/h8-9,18-19,32-36,39,41-49,68,78-79H,7,10-17,20-31,61-64H2,1-6H3,(H,69,82)(H,70,80)(H,71,81)(H,72,84)(H,73,85)(H,74,86)(H,75,83)(H,76,87)(H,89,90)(H4,65,66,67)/t34-,35+,36+,39-,41-,42-,43-,44-,45-,46-,47-,48-,49-/m0/s1. The number of nitrogens with one attached hydrogen (secondary N) is 9. The monoisotopic (exact) mass is 1270 g/mol. The number of amides is 9. The van der Waals surface area contributed by atoms with Crippen LogP contribution in [0.3, 0.4) is 0 Å². The molecule has 0 saturated carbocycles. The van der Waals surface area contributed by atoms with Crippen LogP contribution in [0.15, 0.2) is 35.5 Å². The van der Waals surface area contributed by atoms with Gasteiger partial charge in [-0.15, -0.1) is 0 Å². The number of aliphatic hydroxyl groups is 2. The highest BCUT2D eigenvalue weighted by atomic mass is 16.4. The van der Waals surface area contributed by atoms with E-state index in [1.54, 1.807) is 20.0 Å². The first kappa shape index (κ1) is 76.7. The van der Waals surface area contributed by atoms with Gasteiger partial charge in [0.15, 0.2) is 5.96 Å². The quantitative estimate of drug-likeness (QED) is 0.0182. The van der Waals surface area contributed by atoms with Crippen LogP contribution in [0, 0.1) is 11.8 Å². The summed E-state index contributed by atoms with van der Waals surface area (Å²) in [5.74, 6) is -9.39. The third kappa shape index (κ3) is 25.0. The number of unbranched alkanes of at least 4 members (excludes halogenated alkanes) is 3. The van der Waals surface area contributed by atoms with Crippen molar-refractivity contribution in [3.63, 3.8) is 0 Å². The second-order valence-corrected chi connectivity index (χ2v) is 23.8. The highest BCUT2D eigenvalue weighted by Crippen LogP contribution is 2.23. The molecule has 0 aliphatic carbocycles. The number of nitrogens with two attached hydrogens (primary N) is 6. The summed E-state index contributed by atoms with van der Waals surface area (Å²) < 4.78 is 0. The zero-order valence-corrected chi connectivity index (χ0v) is 53.1. The van der Waals surface area contributed by atoms with E-state index in [1.165, 1.54) is 18.7 Å². The number of aliphatic hydroxyl groups excluding tert-OH is 2. The Balaban J connectivity index is 1.99. The molecule has 30 nitrogen and oxygen atoms in total. The lowest BCUT2D eigenvalue weighted by Gasteiger charge is -2.30. The molecule has 1 aliphatic rings. The number of rotatable bonds is 42. The first-order valence-electron chi connectivity index (χ1n) is 31.5. The number of guanidine groups is 1. The number of fused-ring (bicyclic) bond motifs is 1. The molecule has 0 spiro atoms. The molecule has 506 valence electrons. The maximum atomic E-state index is 14.8. The molecule has 3 rings (SSSR count). The highest BCUT2D eigenvalue weighted by molar-refractivity contribution is 5.99. The Morgan fingerprint density at radius 1 is 0.611 bits per heavy atom. The van der Waals surface area contributed by atoms with Crippen LogP contribution in [-0.2, 0) is 54.4 Å². The summed E-state index contributed by atoms with van der Waals surface area (Å²) in [5, 5.41) is 52.8. The summed E-state index contributed by atoms with van der Waals surface area (Å²) in [6.07, 6.45) is 2.18. The van der Waals surface area contributed by atoms with Crippen molar-refractivity contribution < 1.29 is 63.3 Å². The van der Waals surface area contributed by atoms with Crippen LogP contribution >= 0.6 is 0 Å². The summed E-state index contributed by atoms with van der Waals surface area (Å²) in [5.41, 5.74) is 36.5. The molecule has 1 saturated heterocycles. The summed E-state index contributed by atoms with van der Waals surface area (Å²) >= 11 is 0. The van der Waals surface area contributed by atoms with Gasteiger partial charge in [0.25, 0.3) is 0 Å². The first-order chi connectivity index (χ1) is 42.7. The Kier molecular flexibility index (Phi) is 33.7. The zero-order chi connectivity index (χ0) is 67.2. The van der Waals surface area contributed by atoms with Gasteiger partial charge in [-0.2, -0.15) is 0 Å². The van der Waals surface area contributed by atoms with E-state index in [0.29, 0.717) is 69.9 Å². The van der Waals surface area contributed by atoms with E-state index < -0.39 is 132 Å². The number of aromatic amines is 1. The number of hydrogen-bond acceptors (Lipinski definition) is 17. The molecule has 0 unspecified atom stereocenters. The number of carbonyl (C=O) groups is 10. The average Bonchev–Trinajstić information content (AvgIpc) is 1.79. The van der Waals surface area contributed by atoms with Gasteiger partial charge in [0.1, 0.15) is 54.4 Å². The lowest BCUT2D eigenvalue weighted by molar-refractivity contribution is -0.144. The van der Waals surface area contributed by atoms with Gasteiger partial charge in [0.05, 0.1) is 18.2 Å². The molecule has 1 fully saturated rings. The number of carboxylic acid groups (broad SMARTS) is 1. The minimum absolute atomic E-state index is 0.0172. The fourth-order valence-electron chi connectivity index (χ4n) is 10.5. The molecule has 0 radical (unpaired) electrons. The Bertz CT molecular complexity index is 2690. The maximum Gasteiger partial charge on any atom is 0.326 e. The fourth-order valence-corrected chi connectivity index (χ4v) is 10.5. The highest BCUT2D eigenvalue weighted by Gasteiger charge is 2.40. The minimum atomic E-state index is -1.79. The number of hydrogen-bond donors (Lipinski definition) is 18. The number of carboxylic acids is 1. The van der Waals surface area contributed by atoms with Gasteiger partial charge in [-0.1, -0.05) is 52.3 Å². The maximum absolute atomic E-state index is 14.8. The molecule has 0 bridgehead atoms. The van der Waals surface area contributed by atoms with Crippen molar-refractivity contribution in [1.29, 1.82) is 0 Å². The van der Waals surface area contributed by atoms with Gasteiger partial charge in [0.2, 0.25) is 53.2 Å². The molecule has 30 heteroatoms. The van der Waals surface area contributed by atoms with Crippen molar-refractivity contribution >= 4 is 76.0 Å². The molecule has 2 heterocycles. The number of likely N-dealkylation sites (tertiary alicyclic amines) is 1. The second-order valence-electron chi connectivity index (χ2n) is 23.8. The van der Waals surface area contributed by atoms with Crippen molar-refractivity contribution in [2.45, 2.75) is 217 Å². The van der Waals surface area contributed by atoms with E-state index in [0.717, 1.165) is 10.9 Å². The topological polar surface area (TPSA) is 515 Å². The molecule has 13 atom stereocenters. The van der Waals surface area contributed by atoms with Crippen molar-refractivity contribution in [1.82, 2.24) is 52.4 Å². The van der Waals surface area contributed by atoms with Crippen molar-refractivity contribution in [3.8, 4) is 0 Å². The van der Waals surface area contributed by atoms with Crippen LogP contribution in [0.25, 0.3) is 10.9 Å². The van der Waals surface area contributed by atoms with Crippen molar-refractivity contribution in [3.05, 3.63) is 36.0 Å². The zero-order valence-electron chi connectivity index (χ0n) is 53.1. The smallest absolute Gasteiger partial charge is 0.326 e. The van der Waals surface area contributed by atoms with E-state index in [2.05, 4.69) is 52.5 Å². The Morgan fingerprint density at radius 2 is 1.06 bits per heavy atom. The Labute approximate surface area is 526 Å². The SMILES string of the molecule is CC[C@H](C)[C@H](NC(=O)[C@@H](NC(=O)[C@@H](NC(=O)[C@H](CCCCN)NC(=O)[C@H](CCCCN)NC(=O)[C@H](CCCN=C(N)N)NC(=O)[C@H](CCCCN)NC(=O)[C@H](Cc1c[nH]c2ccccc12)NC(=O)[C@@H]1CCCN1C(=O)[C@@H](N)CC(C)C)[C@@H](C)O)[C@@H](C)O)C(=O)O. The van der Waals surface area contributed by atoms with E-state index in [1.807, 2.05) is 38.1 Å². The lowest BCUT2D eigenvalue weighted by atomic mass is 9.98. The van der Waals surface area contributed by atoms with Crippen LogP contribution < -0.4 is 76.9 Å². The molecule has 1 aromatic heterocycles. The number of aromatic nitrogens is 1. The minimum Gasteiger partial charge on any atom is -0.480 e. The fraction of sp³-hybridized carbons (Fsp3) is 0.683. The van der Waals surface area contributed by atoms with Gasteiger partial charge >= 0.3 is 5.97 Å². The summed E-state index contributed by atoms with van der Waals surface area (Å²) in [7, 11) is 0. The third-order valence-corrected chi connectivity index (χ3v) is 15.8. The largest absolute Gasteiger partial charge is 0.480 e. The normalized spacial score (nSPS) is 17.1. The Hall–Kier alpha value is -7.51. The summed E-state index contributed by atoms with van der Waals surface area (Å²) in [6.45, 7) is 10.5. The average molecular weight is 1270 g/mol. The number of para-hydroxylation sites is 1. The van der Waals surface area contributed by atoms with E-state index in [4.69, 9.17) is 34.4 Å². The van der Waals surface area contributed by atoms with Gasteiger partial charge in [-0.25, -0.2) is 4.79 Å². The van der Waals surface area contributed by atoms with E-state index >= 15 is 0 Å². The van der Waals surface area contributed by atoms with Crippen LogP contribution in [0.5, 0.6) is 0 Å². The first-order valence-corrected chi connectivity index (χ1v) is 31.5. The number of aliphatic imine (C=N–C) groups is 1. The van der Waals surface area contributed by atoms with Crippen LogP contribution in [0.4, 0.5) is 0 Å². The van der Waals surface area contributed by atoms with Gasteiger partial charge in [-0.05, 0) is 147 Å². The second kappa shape index (κ2) is 39.6. The van der Waals surface area contributed by atoms with Gasteiger partial charge < -0.3 is 102 Å². The molecule has 90 heavy (non-hydrogen) atoms. The number of H-pyrrole nitrogens is 1. The molecule has 1 aromatic carbocycles. The molecular formula is C60H103N17O13. The van der Waals surface area contributed by atoms with Crippen LogP contribution in [0.1, 0.15) is 143 Å². The molecular weight excluding hydrogens is 1170 g/mol. The third-order valence-electron chi connectivity index (χ3n) is 15.8. The number of carbonyl (C=O) groups excluding carboxylic acids is 9. The molecule has 1 aliphatic heterocycles. The molecule has 9 amide bonds. The summed E-state index contributed by atoms with van der Waals surface area (Å²) in [4.78, 5) is 149. The van der Waals surface area contributed by atoms with Gasteiger partial charge in [0, 0.05) is 36.6 Å². The predicted molar refractivity (Wildman–Crippen MR) is 339 cm³/mol. The number of nitrogens with zero attached hydrogens (tertiary/aromatic N) is 2. The molecule has 2 aromatic rings. The number of aliphatic carboxylic acids is 1. The van der Waals surface area contributed by atoms with E-state index in [-0.39, 0.29) is 88.9 Å². The van der Waals surface area contributed by atoms with Crippen LogP contribution in [0.2, 0.25) is 0 Å².